The zero-order valence-electron chi connectivity index (χ0n) is 18.9. The molecule has 3 aromatic rings. The first kappa shape index (κ1) is 20.4. The maximum Gasteiger partial charge on any atom is 0.343 e. The molecule has 1 saturated heterocycles. The second-order valence-electron chi connectivity index (χ2n) is 9.97. The molecule has 0 unspecified atom stereocenters. The third-order valence-corrected chi connectivity index (χ3v) is 8.18. The Morgan fingerprint density at radius 1 is 0.771 bits per heavy atom. The van der Waals surface area contributed by atoms with Gasteiger partial charge >= 0.3 is 5.97 Å². The van der Waals surface area contributed by atoms with E-state index in [2.05, 4.69) is 12.2 Å². The molecule has 4 aliphatic carbocycles. The van der Waals surface area contributed by atoms with E-state index in [4.69, 9.17) is 4.74 Å². The van der Waals surface area contributed by atoms with E-state index >= 15 is 0 Å². The lowest BCUT2D eigenvalue weighted by Gasteiger charge is -2.37. The largest absolute Gasteiger partial charge is 0.422 e. The normalized spacial score (nSPS) is 29.7. The standard InChI is InChI=1S/C30H23NO4/c32-28-26-21-13-14-22(24-16-23(21)24)27(26)29(33)31(28)19-10-6-9-18(15-19)30(34)35-25-12-5-4-11-20(25)17-7-2-1-3-8-17/h1-15,21-24,26-27H,16H2/t21-,22-,23-,24+,26+,27+/m0/s1. The Morgan fingerprint density at radius 3 is 2.14 bits per heavy atom. The van der Waals surface area contributed by atoms with Crippen LogP contribution in [0.25, 0.3) is 11.1 Å². The van der Waals surface area contributed by atoms with Gasteiger partial charge in [-0.15, -0.1) is 0 Å². The molecule has 5 heteroatoms. The summed E-state index contributed by atoms with van der Waals surface area (Å²) >= 11 is 0. The van der Waals surface area contributed by atoms with E-state index in [1.165, 1.54) is 4.90 Å². The van der Waals surface area contributed by atoms with Crippen molar-refractivity contribution in [3.63, 3.8) is 0 Å². The predicted octanol–water partition coefficient (Wildman–Crippen LogP) is 5.13. The summed E-state index contributed by atoms with van der Waals surface area (Å²) in [5.74, 6) is 0.546. The third-order valence-electron chi connectivity index (χ3n) is 8.18. The maximum atomic E-state index is 13.4. The summed E-state index contributed by atoms with van der Waals surface area (Å²) in [5, 5.41) is 0. The number of ether oxygens (including phenoxy) is 1. The second-order valence-corrected chi connectivity index (χ2v) is 9.97. The van der Waals surface area contributed by atoms with Crippen LogP contribution in [0.2, 0.25) is 0 Å². The summed E-state index contributed by atoms with van der Waals surface area (Å²) in [6, 6.07) is 23.8. The van der Waals surface area contributed by atoms with Crippen molar-refractivity contribution in [2.24, 2.45) is 35.5 Å². The Morgan fingerprint density at radius 2 is 1.43 bits per heavy atom. The number of rotatable bonds is 4. The molecule has 8 rings (SSSR count). The van der Waals surface area contributed by atoms with E-state index in [0.717, 1.165) is 17.5 Å². The van der Waals surface area contributed by atoms with Crippen molar-refractivity contribution in [2.75, 3.05) is 4.90 Å². The summed E-state index contributed by atoms with van der Waals surface area (Å²) in [6.07, 6.45) is 5.45. The summed E-state index contributed by atoms with van der Waals surface area (Å²) in [4.78, 5) is 41.3. The van der Waals surface area contributed by atoms with Crippen molar-refractivity contribution < 1.29 is 19.1 Å². The van der Waals surface area contributed by atoms with E-state index < -0.39 is 5.97 Å². The molecule has 2 saturated carbocycles. The van der Waals surface area contributed by atoms with E-state index in [0.29, 0.717) is 28.8 Å². The van der Waals surface area contributed by atoms with Gasteiger partial charge in [0.1, 0.15) is 5.75 Å². The highest BCUT2D eigenvalue weighted by Crippen LogP contribution is 2.65. The van der Waals surface area contributed by atoms with Crippen molar-refractivity contribution in [2.45, 2.75) is 6.42 Å². The molecular formula is C30H23NO4. The molecule has 35 heavy (non-hydrogen) atoms. The minimum atomic E-state index is -0.533. The average molecular weight is 462 g/mol. The quantitative estimate of drug-likeness (QED) is 0.234. The summed E-state index contributed by atoms with van der Waals surface area (Å²) in [5.41, 5.74) is 2.49. The lowest BCUT2D eigenvalue weighted by atomic mass is 9.63. The smallest absolute Gasteiger partial charge is 0.343 e. The topological polar surface area (TPSA) is 63.7 Å². The number of esters is 1. The Bertz CT molecular complexity index is 1370. The molecule has 2 amide bonds. The van der Waals surface area contributed by atoms with Crippen LogP contribution in [-0.4, -0.2) is 17.8 Å². The van der Waals surface area contributed by atoms with Crippen molar-refractivity contribution >= 4 is 23.5 Å². The molecule has 0 spiro atoms. The minimum Gasteiger partial charge on any atom is -0.422 e. The van der Waals surface area contributed by atoms with E-state index in [1.807, 2.05) is 48.5 Å². The molecule has 3 fully saturated rings. The molecule has 5 nitrogen and oxygen atoms in total. The van der Waals surface area contributed by atoms with Gasteiger partial charge in [-0.25, -0.2) is 9.69 Å². The molecule has 0 aromatic heterocycles. The van der Waals surface area contributed by atoms with Gasteiger partial charge in [-0.05, 0) is 59.9 Å². The number of hydrogen-bond acceptors (Lipinski definition) is 4. The second kappa shape index (κ2) is 7.51. The van der Waals surface area contributed by atoms with Gasteiger partial charge in [0.15, 0.2) is 0 Å². The molecule has 1 heterocycles. The Kier molecular flexibility index (Phi) is 4.37. The van der Waals surface area contributed by atoms with Crippen LogP contribution in [0.1, 0.15) is 16.8 Å². The zero-order valence-corrected chi connectivity index (χ0v) is 18.9. The van der Waals surface area contributed by atoms with Gasteiger partial charge in [0.05, 0.1) is 23.1 Å². The van der Waals surface area contributed by atoms with Gasteiger partial charge in [0, 0.05) is 5.56 Å². The number of nitrogens with zero attached hydrogens (tertiary/aromatic N) is 1. The molecule has 0 radical (unpaired) electrons. The fourth-order valence-corrected chi connectivity index (χ4v) is 6.55. The van der Waals surface area contributed by atoms with E-state index in [-0.39, 0.29) is 35.5 Å². The molecule has 0 N–H and O–H groups in total. The van der Waals surface area contributed by atoms with Crippen LogP contribution in [0, 0.1) is 35.5 Å². The number of allylic oxidation sites excluding steroid dienone is 2. The first-order valence-electron chi connectivity index (χ1n) is 12.1. The number of carbonyl (C=O) groups excluding carboxylic acids is 3. The van der Waals surface area contributed by atoms with Gasteiger partial charge in [-0.1, -0.05) is 66.7 Å². The van der Waals surface area contributed by atoms with Gasteiger partial charge in [-0.3, -0.25) is 9.59 Å². The summed E-state index contributed by atoms with van der Waals surface area (Å²) in [6.45, 7) is 0. The van der Waals surface area contributed by atoms with Gasteiger partial charge in [-0.2, -0.15) is 0 Å². The van der Waals surface area contributed by atoms with Crippen LogP contribution in [0.15, 0.2) is 91.0 Å². The number of carbonyl (C=O) groups is 3. The monoisotopic (exact) mass is 461 g/mol. The van der Waals surface area contributed by atoms with Crippen LogP contribution >= 0.6 is 0 Å². The first-order valence-corrected chi connectivity index (χ1v) is 12.1. The third kappa shape index (κ3) is 3.04. The van der Waals surface area contributed by atoms with Crippen molar-refractivity contribution in [1.82, 2.24) is 0 Å². The van der Waals surface area contributed by atoms with Crippen LogP contribution in [0.4, 0.5) is 5.69 Å². The van der Waals surface area contributed by atoms with E-state index in [1.54, 1.807) is 30.3 Å². The number of imide groups is 1. The SMILES string of the molecule is O=C(Oc1ccccc1-c1ccccc1)c1cccc(N2C(=O)[C@@H]3[C@H]4C=C[C@@H]([C@@H]5C[C@H]45)[C@H]3C2=O)c1. The van der Waals surface area contributed by atoms with Crippen LogP contribution in [0.5, 0.6) is 5.75 Å². The fourth-order valence-electron chi connectivity index (χ4n) is 6.55. The number of para-hydroxylation sites is 1. The van der Waals surface area contributed by atoms with Gasteiger partial charge in [0.2, 0.25) is 11.8 Å². The highest BCUT2D eigenvalue weighted by atomic mass is 16.5. The lowest BCUT2D eigenvalue weighted by Crippen LogP contribution is -2.40. The van der Waals surface area contributed by atoms with Crippen LogP contribution in [0.3, 0.4) is 0 Å². The molecule has 5 aliphatic rings. The van der Waals surface area contributed by atoms with Crippen LogP contribution in [-0.2, 0) is 9.59 Å². The maximum absolute atomic E-state index is 13.4. The predicted molar refractivity (Wildman–Crippen MR) is 130 cm³/mol. The Labute approximate surface area is 203 Å². The summed E-state index contributed by atoms with van der Waals surface area (Å²) < 4.78 is 5.78. The number of anilines is 1. The molecule has 6 atom stereocenters. The Balaban J connectivity index is 1.17. The van der Waals surface area contributed by atoms with Gasteiger partial charge in [0.25, 0.3) is 0 Å². The summed E-state index contributed by atoms with van der Waals surface area (Å²) in [7, 11) is 0. The highest BCUT2D eigenvalue weighted by Gasteiger charge is 2.67. The molecule has 1 aliphatic heterocycles. The fraction of sp³-hybridized carbons (Fsp3) is 0.233. The van der Waals surface area contributed by atoms with Crippen molar-refractivity contribution in [1.29, 1.82) is 0 Å². The van der Waals surface area contributed by atoms with Crippen LogP contribution < -0.4 is 9.64 Å². The molecule has 172 valence electrons. The number of amides is 2. The Hall–Kier alpha value is -3.99. The molecule has 2 bridgehead atoms. The molecular weight excluding hydrogens is 438 g/mol. The first-order chi connectivity index (χ1) is 17.1. The zero-order chi connectivity index (χ0) is 23.7. The molecule has 3 aromatic carbocycles. The van der Waals surface area contributed by atoms with Crippen molar-refractivity contribution in [3.05, 3.63) is 96.6 Å². The number of hydrogen-bond donors (Lipinski definition) is 0. The van der Waals surface area contributed by atoms with Crippen molar-refractivity contribution in [3.8, 4) is 16.9 Å². The lowest BCUT2D eigenvalue weighted by molar-refractivity contribution is -0.124. The highest BCUT2D eigenvalue weighted by molar-refractivity contribution is 6.23. The van der Waals surface area contributed by atoms with Gasteiger partial charge < -0.3 is 4.74 Å². The van der Waals surface area contributed by atoms with E-state index in [9.17, 15) is 14.4 Å². The number of benzene rings is 3. The minimum absolute atomic E-state index is 0.135. The average Bonchev–Trinajstić information content (AvgIpc) is 3.68.